The van der Waals surface area contributed by atoms with Crippen molar-refractivity contribution in [3.63, 3.8) is 0 Å². The average molecular weight is 371 g/mol. The zero-order valence-electron chi connectivity index (χ0n) is 18.2. The van der Waals surface area contributed by atoms with Crippen molar-refractivity contribution in [2.45, 2.75) is 154 Å². The summed E-state index contributed by atoms with van der Waals surface area (Å²) < 4.78 is 0. The average Bonchev–Trinajstić information content (AvgIpc) is 2.56. The van der Waals surface area contributed by atoms with E-state index in [2.05, 4.69) is 30.0 Å². The first kappa shape index (κ1) is 25.4. The molecule has 0 spiro atoms. The Labute approximate surface area is 163 Å². The highest BCUT2D eigenvalue weighted by Crippen LogP contribution is 2.24. The molecule has 1 unspecified atom stereocenters. The van der Waals surface area contributed by atoms with Gasteiger partial charge in [-0.15, -0.1) is 9.24 Å². The predicted molar refractivity (Wildman–Crippen MR) is 122 cm³/mol. The lowest BCUT2D eigenvalue weighted by Crippen LogP contribution is -2.07. The molecule has 1 atom stereocenters. The van der Waals surface area contributed by atoms with Gasteiger partial charge in [-0.25, -0.2) is 0 Å². The molecule has 25 heavy (non-hydrogen) atoms. The minimum atomic E-state index is 0.453. The Bertz CT molecular complexity index is 241. The Morgan fingerprint density at radius 3 is 0.920 bits per heavy atom. The molecule has 0 fully saturated rings. The second kappa shape index (κ2) is 19.2. The molecule has 0 saturated heterocycles. The molecule has 1 heteroatoms. The van der Waals surface area contributed by atoms with Gasteiger partial charge in [-0.1, -0.05) is 143 Å². The standard InChI is InChI=1S/C24H51P/c1-4-5-6-7-8-9-10-11-12-13-14-15-16-17-18-19-20-21-22-23-24(2,3)25/h4-23,25H2,1-3H3. The maximum absolute atomic E-state index is 2.97. The monoisotopic (exact) mass is 370 g/mol. The third-order valence-corrected chi connectivity index (χ3v) is 5.71. The van der Waals surface area contributed by atoms with E-state index in [0.29, 0.717) is 5.16 Å². The van der Waals surface area contributed by atoms with Gasteiger partial charge in [0.25, 0.3) is 0 Å². The predicted octanol–water partition coefficient (Wildman–Crippen LogP) is 9.46. The van der Waals surface area contributed by atoms with Crippen LogP contribution in [0.25, 0.3) is 0 Å². The number of hydrogen-bond donors (Lipinski definition) is 0. The van der Waals surface area contributed by atoms with Crippen molar-refractivity contribution in [2.24, 2.45) is 0 Å². The molecule has 0 aromatic rings. The zero-order valence-corrected chi connectivity index (χ0v) is 19.4. The van der Waals surface area contributed by atoms with Crippen molar-refractivity contribution >= 4 is 9.24 Å². The molecule has 152 valence electrons. The van der Waals surface area contributed by atoms with Crippen LogP contribution in [0.2, 0.25) is 0 Å². The summed E-state index contributed by atoms with van der Waals surface area (Å²) in [6.45, 7) is 6.95. The third kappa shape index (κ3) is 24.4. The van der Waals surface area contributed by atoms with Crippen LogP contribution < -0.4 is 0 Å². The molecule has 0 aliphatic heterocycles. The summed E-state index contributed by atoms with van der Waals surface area (Å²) in [5, 5.41) is 0.453. The van der Waals surface area contributed by atoms with Crippen molar-refractivity contribution in [2.75, 3.05) is 0 Å². The number of hydrogen-bond acceptors (Lipinski definition) is 0. The maximum atomic E-state index is 2.97. The Morgan fingerprint density at radius 2 is 0.680 bits per heavy atom. The van der Waals surface area contributed by atoms with Gasteiger partial charge in [-0.3, -0.25) is 0 Å². The fraction of sp³-hybridized carbons (Fsp3) is 1.00. The van der Waals surface area contributed by atoms with E-state index in [0.717, 1.165) is 0 Å². The quantitative estimate of drug-likeness (QED) is 0.148. The fourth-order valence-corrected chi connectivity index (χ4v) is 3.86. The van der Waals surface area contributed by atoms with E-state index in [1.54, 1.807) is 0 Å². The minimum Gasteiger partial charge on any atom is -0.132 e. The van der Waals surface area contributed by atoms with Gasteiger partial charge in [0, 0.05) is 0 Å². The van der Waals surface area contributed by atoms with Gasteiger partial charge in [0.05, 0.1) is 0 Å². The molecular weight excluding hydrogens is 319 g/mol. The molecule has 0 aromatic carbocycles. The van der Waals surface area contributed by atoms with Crippen LogP contribution in [0.4, 0.5) is 0 Å². The smallest absolute Gasteiger partial charge is 0.0207 e. The molecule has 0 aromatic heterocycles. The van der Waals surface area contributed by atoms with Gasteiger partial charge in [0.2, 0.25) is 0 Å². The van der Waals surface area contributed by atoms with E-state index in [1.165, 1.54) is 128 Å². The van der Waals surface area contributed by atoms with Gasteiger partial charge in [-0.05, 0) is 11.6 Å². The van der Waals surface area contributed by atoms with Crippen LogP contribution in [0.1, 0.15) is 149 Å². The maximum Gasteiger partial charge on any atom is -0.0207 e. The largest absolute Gasteiger partial charge is 0.132 e. The summed E-state index contributed by atoms with van der Waals surface area (Å²) in [6, 6.07) is 0. The molecule has 0 radical (unpaired) electrons. The van der Waals surface area contributed by atoms with E-state index < -0.39 is 0 Å². The van der Waals surface area contributed by atoms with Crippen molar-refractivity contribution in [3.05, 3.63) is 0 Å². The molecule has 0 aliphatic carbocycles. The highest BCUT2D eigenvalue weighted by atomic mass is 31.0. The zero-order chi connectivity index (χ0) is 18.6. The van der Waals surface area contributed by atoms with E-state index >= 15 is 0 Å². The van der Waals surface area contributed by atoms with Gasteiger partial charge in [0.1, 0.15) is 0 Å². The summed E-state index contributed by atoms with van der Waals surface area (Å²) >= 11 is 0. The van der Waals surface area contributed by atoms with Gasteiger partial charge < -0.3 is 0 Å². The fourth-order valence-electron chi connectivity index (χ4n) is 3.66. The summed E-state index contributed by atoms with van der Waals surface area (Å²) in [6.07, 6.45) is 29.2. The van der Waals surface area contributed by atoms with Gasteiger partial charge in [-0.2, -0.15) is 0 Å². The SMILES string of the molecule is CCCCCCCCCCCCCCCCCCCCCC(C)(C)P. The van der Waals surface area contributed by atoms with Crippen LogP contribution in [0.5, 0.6) is 0 Å². The van der Waals surface area contributed by atoms with Crippen molar-refractivity contribution in [3.8, 4) is 0 Å². The van der Waals surface area contributed by atoms with Crippen LogP contribution in [0.3, 0.4) is 0 Å². The molecular formula is C24H51P. The van der Waals surface area contributed by atoms with E-state index in [1.807, 2.05) is 0 Å². The molecule has 0 amide bonds. The summed E-state index contributed by atoms with van der Waals surface area (Å²) in [5.74, 6) is 0. The number of rotatable bonds is 20. The normalized spacial score (nSPS) is 12.0. The van der Waals surface area contributed by atoms with E-state index in [9.17, 15) is 0 Å². The molecule has 0 heterocycles. The lowest BCUT2D eigenvalue weighted by Gasteiger charge is -2.17. The molecule has 0 bridgehead atoms. The first-order valence-corrected chi connectivity index (χ1v) is 12.4. The molecule has 0 aliphatic rings. The third-order valence-electron chi connectivity index (χ3n) is 5.42. The first-order chi connectivity index (χ1) is 12.1. The van der Waals surface area contributed by atoms with Gasteiger partial charge >= 0.3 is 0 Å². The van der Waals surface area contributed by atoms with Crippen molar-refractivity contribution in [1.29, 1.82) is 0 Å². The summed E-state index contributed by atoms with van der Waals surface area (Å²) in [7, 11) is 2.97. The second-order valence-corrected chi connectivity index (χ2v) is 10.7. The minimum absolute atomic E-state index is 0.453. The molecule has 0 nitrogen and oxygen atoms in total. The van der Waals surface area contributed by atoms with Crippen molar-refractivity contribution in [1.82, 2.24) is 0 Å². The van der Waals surface area contributed by atoms with Crippen LogP contribution in [-0.4, -0.2) is 5.16 Å². The van der Waals surface area contributed by atoms with Gasteiger partial charge in [0.15, 0.2) is 0 Å². The lowest BCUT2D eigenvalue weighted by molar-refractivity contribution is 0.514. The van der Waals surface area contributed by atoms with Crippen LogP contribution in [-0.2, 0) is 0 Å². The van der Waals surface area contributed by atoms with Crippen LogP contribution >= 0.6 is 9.24 Å². The van der Waals surface area contributed by atoms with E-state index in [4.69, 9.17) is 0 Å². The summed E-state index contributed by atoms with van der Waals surface area (Å²) in [5.41, 5.74) is 0. The second-order valence-electron chi connectivity index (χ2n) is 9.10. The van der Waals surface area contributed by atoms with Crippen LogP contribution in [0.15, 0.2) is 0 Å². The van der Waals surface area contributed by atoms with E-state index in [-0.39, 0.29) is 0 Å². The Balaban J connectivity index is 3.01. The van der Waals surface area contributed by atoms with Crippen molar-refractivity contribution < 1.29 is 0 Å². The van der Waals surface area contributed by atoms with Crippen LogP contribution in [0, 0.1) is 0 Å². The highest BCUT2D eigenvalue weighted by molar-refractivity contribution is 7.18. The highest BCUT2D eigenvalue weighted by Gasteiger charge is 2.08. The lowest BCUT2D eigenvalue weighted by atomic mass is 10.0. The number of unbranched alkanes of at least 4 members (excludes halogenated alkanes) is 18. The summed E-state index contributed by atoms with van der Waals surface area (Å²) in [4.78, 5) is 0. The molecule has 0 rings (SSSR count). The molecule has 0 N–H and O–H groups in total. The molecule has 0 saturated carbocycles. The topological polar surface area (TPSA) is 0 Å². The Morgan fingerprint density at radius 1 is 0.440 bits per heavy atom. The Hall–Kier alpha value is 0.430. The first-order valence-electron chi connectivity index (χ1n) is 11.8. The Kier molecular flexibility index (Phi) is 19.5.